The molecule has 1 nitrogen and oxygen atoms in total. The molecule has 1 aromatic rings. The molecule has 0 radical (unpaired) electrons. The van der Waals surface area contributed by atoms with E-state index in [-0.39, 0.29) is 6.04 Å². The second kappa shape index (κ2) is 4.54. The quantitative estimate of drug-likeness (QED) is 0.849. The number of likely N-dealkylation sites (N-methyl/N-ethyl adjacent to an activating group) is 1. The summed E-state index contributed by atoms with van der Waals surface area (Å²) in [5.74, 6) is 1.14. The van der Waals surface area contributed by atoms with Crippen LogP contribution in [0.2, 0.25) is 0 Å². The summed E-state index contributed by atoms with van der Waals surface area (Å²) in [6, 6.07) is 5.86. The summed E-state index contributed by atoms with van der Waals surface area (Å²) < 4.78 is 13.9. The molecule has 1 heterocycles. The summed E-state index contributed by atoms with van der Waals surface area (Å²) in [6.07, 6.45) is 0.167. The lowest BCUT2D eigenvalue weighted by Crippen LogP contribution is -2.26. The van der Waals surface area contributed by atoms with Crippen LogP contribution in [0.25, 0.3) is 0 Å². The number of halogens is 1. The van der Waals surface area contributed by atoms with Gasteiger partial charge in [-0.2, -0.15) is 0 Å². The lowest BCUT2D eigenvalue weighted by Gasteiger charge is -2.16. The Bertz CT molecular complexity index is 353. The molecule has 0 saturated carbocycles. The van der Waals surface area contributed by atoms with Gasteiger partial charge in [-0.05, 0) is 37.6 Å². The third kappa shape index (κ3) is 2.18. The average molecular weight is 225 g/mol. The van der Waals surface area contributed by atoms with E-state index in [1.807, 2.05) is 30.8 Å². The first-order valence-corrected chi connectivity index (χ1v) is 6.28. The number of nitrogens with one attached hydrogen (secondary N) is 1. The molecule has 0 aromatic heterocycles. The predicted molar refractivity (Wildman–Crippen MR) is 63.2 cm³/mol. The molecule has 0 spiro atoms. The van der Waals surface area contributed by atoms with Crippen molar-refractivity contribution in [2.24, 2.45) is 0 Å². The fraction of sp³-hybridized carbons (Fsp3) is 0.500. The van der Waals surface area contributed by atoms with E-state index in [4.69, 9.17) is 0 Å². The third-order valence-electron chi connectivity index (χ3n) is 2.93. The van der Waals surface area contributed by atoms with Gasteiger partial charge < -0.3 is 5.32 Å². The van der Waals surface area contributed by atoms with Crippen LogP contribution in [0.3, 0.4) is 0 Å². The lowest BCUT2D eigenvalue weighted by molar-refractivity contribution is 0.275. The molecular weight excluding hydrogens is 209 g/mol. The predicted octanol–water partition coefficient (Wildman–Crippen LogP) is 2.95. The van der Waals surface area contributed by atoms with Crippen molar-refractivity contribution >= 4 is 11.8 Å². The van der Waals surface area contributed by atoms with Crippen molar-refractivity contribution in [1.29, 1.82) is 0 Å². The van der Waals surface area contributed by atoms with Crippen LogP contribution < -0.4 is 5.32 Å². The summed E-state index contributed by atoms with van der Waals surface area (Å²) in [4.78, 5) is 1.32. The van der Waals surface area contributed by atoms with E-state index >= 15 is 0 Å². The van der Waals surface area contributed by atoms with Gasteiger partial charge in [0.25, 0.3) is 0 Å². The summed E-state index contributed by atoms with van der Waals surface area (Å²) in [5.41, 5.74) is 2.11. The van der Waals surface area contributed by atoms with Crippen LogP contribution in [0.4, 0.5) is 4.39 Å². The first kappa shape index (κ1) is 11.0. The van der Waals surface area contributed by atoms with Gasteiger partial charge in [-0.1, -0.05) is 12.1 Å². The Hall–Kier alpha value is -0.540. The number of thioether (sulfide) groups is 1. The minimum absolute atomic E-state index is 0.128. The fourth-order valence-electron chi connectivity index (χ4n) is 1.81. The Kier molecular flexibility index (Phi) is 3.32. The van der Waals surface area contributed by atoms with Gasteiger partial charge in [0.05, 0.1) is 0 Å². The number of aryl methyl sites for hydroxylation is 1. The Morgan fingerprint density at radius 3 is 3.00 bits per heavy atom. The van der Waals surface area contributed by atoms with Crippen LogP contribution in [-0.4, -0.2) is 18.8 Å². The lowest BCUT2D eigenvalue weighted by atomic mass is 10.0. The smallest absolute Gasteiger partial charge is 0.140 e. The van der Waals surface area contributed by atoms with Crippen LogP contribution in [0.5, 0.6) is 0 Å². The molecule has 82 valence electrons. The van der Waals surface area contributed by atoms with E-state index in [9.17, 15) is 4.39 Å². The van der Waals surface area contributed by atoms with E-state index in [0.717, 1.165) is 17.7 Å². The highest BCUT2D eigenvalue weighted by atomic mass is 32.2. The minimum Gasteiger partial charge on any atom is -0.314 e. The summed E-state index contributed by atoms with van der Waals surface area (Å²) in [6.45, 7) is 1.87. The first-order valence-electron chi connectivity index (χ1n) is 5.29. The molecule has 2 unspecified atom stereocenters. The zero-order valence-electron chi connectivity index (χ0n) is 9.09. The van der Waals surface area contributed by atoms with Crippen LogP contribution in [0.15, 0.2) is 23.1 Å². The van der Waals surface area contributed by atoms with Crippen molar-refractivity contribution in [2.45, 2.75) is 30.5 Å². The number of rotatable bonds is 3. The van der Waals surface area contributed by atoms with E-state index in [1.54, 1.807) is 7.05 Å². The number of benzene rings is 1. The van der Waals surface area contributed by atoms with Crippen LogP contribution in [0.1, 0.15) is 24.2 Å². The van der Waals surface area contributed by atoms with Crippen molar-refractivity contribution in [2.75, 3.05) is 12.8 Å². The highest BCUT2D eigenvalue weighted by molar-refractivity contribution is 7.99. The van der Waals surface area contributed by atoms with Crippen molar-refractivity contribution in [1.82, 2.24) is 5.32 Å². The second-order valence-corrected chi connectivity index (χ2v) is 5.08. The average Bonchev–Trinajstić information content (AvgIpc) is 2.73. The number of alkyl halides is 1. The summed E-state index contributed by atoms with van der Waals surface area (Å²) in [5, 5.41) is 2.95. The molecule has 15 heavy (non-hydrogen) atoms. The molecule has 3 heteroatoms. The Morgan fingerprint density at radius 2 is 2.27 bits per heavy atom. The largest absolute Gasteiger partial charge is 0.314 e. The van der Waals surface area contributed by atoms with Crippen molar-refractivity contribution in [3.05, 3.63) is 29.3 Å². The van der Waals surface area contributed by atoms with Gasteiger partial charge in [-0.25, -0.2) is 4.39 Å². The van der Waals surface area contributed by atoms with Crippen molar-refractivity contribution in [3.63, 3.8) is 0 Å². The fourth-order valence-corrected chi connectivity index (χ4v) is 2.87. The molecule has 2 atom stereocenters. The Balaban J connectivity index is 2.22. The van der Waals surface area contributed by atoms with Gasteiger partial charge in [-0.3, -0.25) is 0 Å². The van der Waals surface area contributed by atoms with Crippen LogP contribution in [-0.2, 0) is 6.42 Å². The van der Waals surface area contributed by atoms with E-state index in [0.29, 0.717) is 0 Å². The van der Waals surface area contributed by atoms with Crippen molar-refractivity contribution in [3.8, 4) is 0 Å². The molecule has 1 aliphatic rings. The molecule has 0 amide bonds. The molecule has 2 rings (SSSR count). The van der Waals surface area contributed by atoms with Gasteiger partial charge in [-0.15, -0.1) is 11.8 Å². The maximum atomic E-state index is 13.9. The molecular formula is C12H16FNS. The van der Waals surface area contributed by atoms with E-state index in [2.05, 4.69) is 11.4 Å². The number of fused-ring (bicyclic) bond motifs is 1. The van der Waals surface area contributed by atoms with Gasteiger partial charge >= 0.3 is 0 Å². The monoisotopic (exact) mass is 225 g/mol. The Labute approximate surface area is 94.5 Å². The highest BCUT2D eigenvalue weighted by Gasteiger charge is 2.19. The number of hydrogen-bond donors (Lipinski definition) is 1. The van der Waals surface area contributed by atoms with Crippen LogP contribution in [0, 0.1) is 0 Å². The summed E-state index contributed by atoms with van der Waals surface area (Å²) >= 11 is 1.86. The molecule has 0 aliphatic carbocycles. The topological polar surface area (TPSA) is 12.0 Å². The maximum Gasteiger partial charge on any atom is 0.140 e. The second-order valence-electron chi connectivity index (χ2n) is 3.94. The maximum absolute atomic E-state index is 13.9. The van der Waals surface area contributed by atoms with Gasteiger partial charge in [0.15, 0.2) is 0 Å². The highest BCUT2D eigenvalue weighted by Crippen LogP contribution is 2.34. The SMILES string of the molecule is CNC(C)C(F)c1ccc2c(c1)CCS2. The first-order chi connectivity index (χ1) is 7.22. The molecule has 0 fully saturated rings. The van der Waals surface area contributed by atoms with E-state index < -0.39 is 6.17 Å². The molecule has 0 bridgehead atoms. The summed E-state index contributed by atoms with van der Waals surface area (Å²) in [7, 11) is 1.79. The zero-order chi connectivity index (χ0) is 10.8. The standard InChI is InChI=1S/C12H16FNS/c1-8(14-2)12(13)10-3-4-11-9(7-10)5-6-15-11/h3-4,7-8,12,14H,5-6H2,1-2H3. The van der Waals surface area contributed by atoms with Crippen molar-refractivity contribution < 1.29 is 4.39 Å². The third-order valence-corrected chi connectivity index (χ3v) is 4.04. The minimum atomic E-state index is -0.911. The molecule has 0 saturated heterocycles. The van der Waals surface area contributed by atoms with Gasteiger partial charge in [0.2, 0.25) is 0 Å². The van der Waals surface area contributed by atoms with Gasteiger partial charge in [0.1, 0.15) is 6.17 Å². The van der Waals surface area contributed by atoms with Gasteiger partial charge in [0, 0.05) is 16.7 Å². The van der Waals surface area contributed by atoms with E-state index in [1.165, 1.54) is 10.5 Å². The molecule has 1 aromatic carbocycles. The number of hydrogen-bond acceptors (Lipinski definition) is 2. The molecule has 1 aliphatic heterocycles. The normalized spacial score (nSPS) is 18.6. The Morgan fingerprint density at radius 1 is 1.47 bits per heavy atom. The zero-order valence-corrected chi connectivity index (χ0v) is 9.90. The van der Waals surface area contributed by atoms with Crippen LogP contribution >= 0.6 is 11.8 Å². The molecule has 1 N–H and O–H groups in total.